The number of hydrogen-bond donors (Lipinski definition) is 2. The minimum atomic E-state index is 0.231. The van der Waals surface area contributed by atoms with Crippen molar-refractivity contribution in [3.05, 3.63) is 59.4 Å². The van der Waals surface area contributed by atoms with Crippen molar-refractivity contribution in [1.82, 2.24) is 14.9 Å². The minimum absolute atomic E-state index is 0.231. The number of nitrogens with zero attached hydrogens (tertiary/aromatic N) is 2. The first kappa shape index (κ1) is 23.6. The summed E-state index contributed by atoms with van der Waals surface area (Å²) >= 11 is 0. The number of nitrogens with one attached hydrogen (secondary N) is 1. The van der Waals surface area contributed by atoms with Gasteiger partial charge in [-0.2, -0.15) is 0 Å². The van der Waals surface area contributed by atoms with Gasteiger partial charge >= 0.3 is 0 Å². The lowest BCUT2D eigenvalue weighted by Gasteiger charge is -2.32. The number of aliphatic hydroxyl groups excluding tert-OH is 1. The van der Waals surface area contributed by atoms with Gasteiger partial charge in [0.15, 0.2) is 0 Å². The highest BCUT2D eigenvalue weighted by molar-refractivity contribution is 5.82. The maximum atomic E-state index is 13.0. The number of rotatable bonds is 6. The highest BCUT2D eigenvalue weighted by Crippen LogP contribution is 2.31. The smallest absolute Gasteiger partial charge is 0.226 e. The van der Waals surface area contributed by atoms with Gasteiger partial charge in [0.25, 0.3) is 0 Å². The van der Waals surface area contributed by atoms with Crippen molar-refractivity contribution in [3.63, 3.8) is 0 Å². The summed E-state index contributed by atoms with van der Waals surface area (Å²) in [5, 5.41) is 9.05. The molecule has 0 saturated carbocycles. The maximum absolute atomic E-state index is 13.0. The molecule has 1 aromatic heterocycles. The second-order valence-corrected chi connectivity index (χ2v) is 9.91. The predicted molar refractivity (Wildman–Crippen MR) is 138 cm³/mol. The van der Waals surface area contributed by atoms with Crippen LogP contribution in [0.3, 0.4) is 0 Å². The summed E-state index contributed by atoms with van der Waals surface area (Å²) in [6, 6.07) is 12.7. The normalized spacial score (nSPS) is 18.3. The number of H-pyrrole nitrogens is 1. The summed E-state index contributed by atoms with van der Waals surface area (Å²) in [6.45, 7) is 4.50. The number of amides is 1. The summed E-state index contributed by atoms with van der Waals surface area (Å²) in [4.78, 5) is 22.8. The average Bonchev–Trinajstić information content (AvgIpc) is 3.24. The van der Waals surface area contributed by atoms with E-state index < -0.39 is 0 Å². The average molecular weight is 474 g/mol. The molecule has 0 atom stereocenters. The van der Waals surface area contributed by atoms with Crippen LogP contribution in [-0.4, -0.2) is 52.2 Å². The molecule has 2 aliphatic heterocycles. The fraction of sp³-hybridized carbons (Fsp3) is 0.448. The van der Waals surface area contributed by atoms with E-state index in [9.17, 15) is 4.79 Å². The number of aryl methyl sites for hydroxylation is 1. The van der Waals surface area contributed by atoms with E-state index in [-0.39, 0.29) is 12.5 Å². The summed E-state index contributed by atoms with van der Waals surface area (Å²) in [5.74, 6) is 2.72. The molecule has 2 aliphatic rings. The Labute approximate surface area is 207 Å². The summed E-state index contributed by atoms with van der Waals surface area (Å²) in [5.41, 5.74) is 6.64. The number of allylic oxidation sites excluding steroid dienone is 1. The Hall–Kier alpha value is -3.12. The van der Waals surface area contributed by atoms with Gasteiger partial charge in [0.1, 0.15) is 11.6 Å². The van der Waals surface area contributed by atoms with Crippen LogP contribution in [0, 0.1) is 12.8 Å². The quantitative estimate of drug-likeness (QED) is 0.483. The Balaban J connectivity index is 1.25. The number of hydrogen-bond acceptors (Lipinski definition) is 4. The van der Waals surface area contributed by atoms with Crippen molar-refractivity contribution in [1.29, 1.82) is 0 Å². The Morgan fingerprint density at radius 2 is 1.97 bits per heavy atom. The molecular formula is C29H35N3O3. The standard InChI is InChI=1S/C29H35N3O3/c1-20-30-26-8-6-24(19-27(26)31-20)23-7-9-28-25(18-23)5-4-22(12-16-35-28)17-29(34)32-13-10-21(11-14-32)3-2-15-33/h4,6-9,18-19,21,33H,2-3,5,10-17H2,1H3,(H,30,31)/b22-4+. The molecule has 0 spiro atoms. The molecular weight excluding hydrogens is 438 g/mol. The van der Waals surface area contributed by atoms with Crippen LogP contribution in [-0.2, 0) is 11.2 Å². The Kier molecular flexibility index (Phi) is 7.19. The maximum Gasteiger partial charge on any atom is 0.226 e. The van der Waals surface area contributed by atoms with Crippen molar-refractivity contribution < 1.29 is 14.6 Å². The van der Waals surface area contributed by atoms with E-state index in [1.807, 2.05) is 11.8 Å². The Morgan fingerprint density at radius 3 is 2.80 bits per heavy atom. The Bertz CT molecular complexity index is 1220. The fourth-order valence-electron chi connectivity index (χ4n) is 5.34. The van der Waals surface area contributed by atoms with Gasteiger partial charge in [0, 0.05) is 32.5 Å². The van der Waals surface area contributed by atoms with Crippen LogP contribution in [0.15, 0.2) is 48.0 Å². The van der Waals surface area contributed by atoms with E-state index in [4.69, 9.17) is 9.84 Å². The zero-order valence-corrected chi connectivity index (χ0v) is 20.6. The molecule has 184 valence electrons. The molecule has 3 aromatic rings. The molecule has 0 bridgehead atoms. The first-order chi connectivity index (χ1) is 17.1. The summed E-state index contributed by atoms with van der Waals surface area (Å²) in [6.07, 6.45) is 8.30. The van der Waals surface area contributed by atoms with E-state index in [0.29, 0.717) is 18.9 Å². The lowest BCUT2D eigenvalue weighted by molar-refractivity contribution is -0.131. The van der Waals surface area contributed by atoms with E-state index in [1.165, 1.54) is 5.57 Å². The summed E-state index contributed by atoms with van der Waals surface area (Å²) in [7, 11) is 0. The van der Waals surface area contributed by atoms with Crippen LogP contribution < -0.4 is 4.74 Å². The zero-order valence-electron chi connectivity index (χ0n) is 20.6. The van der Waals surface area contributed by atoms with Gasteiger partial charge in [-0.25, -0.2) is 4.98 Å². The van der Waals surface area contributed by atoms with Gasteiger partial charge < -0.3 is 19.7 Å². The van der Waals surface area contributed by atoms with Crippen molar-refractivity contribution >= 4 is 16.9 Å². The van der Waals surface area contributed by atoms with Gasteiger partial charge in [-0.1, -0.05) is 23.8 Å². The van der Waals surface area contributed by atoms with Crippen molar-refractivity contribution in [3.8, 4) is 16.9 Å². The number of aromatic amines is 1. The van der Waals surface area contributed by atoms with E-state index >= 15 is 0 Å². The molecule has 6 nitrogen and oxygen atoms in total. The third kappa shape index (κ3) is 5.59. The molecule has 2 aromatic carbocycles. The molecule has 1 saturated heterocycles. The van der Waals surface area contributed by atoms with Gasteiger partial charge in [-0.05, 0) is 85.9 Å². The topological polar surface area (TPSA) is 78.5 Å². The van der Waals surface area contributed by atoms with E-state index in [2.05, 4.69) is 52.4 Å². The number of fused-ring (bicyclic) bond motifs is 2. The molecule has 0 radical (unpaired) electrons. The molecule has 35 heavy (non-hydrogen) atoms. The number of benzene rings is 2. The minimum Gasteiger partial charge on any atom is -0.493 e. The van der Waals surface area contributed by atoms with Crippen LogP contribution in [0.5, 0.6) is 5.75 Å². The number of imidazole rings is 1. The molecule has 6 heteroatoms. The second-order valence-electron chi connectivity index (χ2n) is 9.91. The molecule has 1 amide bonds. The molecule has 0 unspecified atom stereocenters. The highest BCUT2D eigenvalue weighted by atomic mass is 16.5. The molecule has 0 aliphatic carbocycles. The molecule has 2 N–H and O–H groups in total. The van der Waals surface area contributed by atoms with Crippen LogP contribution in [0.4, 0.5) is 0 Å². The van der Waals surface area contributed by atoms with Crippen LogP contribution in [0.1, 0.15) is 49.9 Å². The van der Waals surface area contributed by atoms with Crippen molar-refractivity contribution in [2.75, 3.05) is 26.3 Å². The number of ether oxygens (including phenoxy) is 1. The number of aliphatic hydroxyl groups is 1. The number of carbonyl (C=O) groups excluding carboxylic acids is 1. The first-order valence-corrected chi connectivity index (χ1v) is 12.9. The van der Waals surface area contributed by atoms with Crippen molar-refractivity contribution in [2.24, 2.45) is 5.92 Å². The fourth-order valence-corrected chi connectivity index (χ4v) is 5.34. The summed E-state index contributed by atoms with van der Waals surface area (Å²) < 4.78 is 6.10. The monoisotopic (exact) mass is 473 g/mol. The third-order valence-corrected chi connectivity index (χ3v) is 7.40. The zero-order chi connectivity index (χ0) is 24.2. The SMILES string of the molecule is Cc1nc2ccc(-c3ccc4c(c3)C/C=C(/CC(=O)N3CCC(CCCO)CC3)CCO4)cc2[nH]1. The first-order valence-electron chi connectivity index (χ1n) is 12.9. The van der Waals surface area contributed by atoms with Crippen molar-refractivity contribution in [2.45, 2.75) is 51.9 Å². The van der Waals surface area contributed by atoms with Crippen LogP contribution in [0.2, 0.25) is 0 Å². The van der Waals surface area contributed by atoms with E-state index in [0.717, 1.165) is 90.9 Å². The van der Waals surface area contributed by atoms with Crippen LogP contribution in [0.25, 0.3) is 22.2 Å². The second kappa shape index (κ2) is 10.6. The molecule has 1 fully saturated rings. The van der Waals surface area contributed by atoms with Gasteiger partial charge in [-0.15, -0.1) is 0 Å². The number of likely N-dealkylation sites (tertiary alicyclic amines) is 1. The van der Waals surface area contributed by atoms with E-state index in [1.54, 1.807) is 0 Å². The predicted octanol–water partition coefficient (Wildman–Crippen LogP) is 5.19. The van der Waals surface area contributed by atoms with Gasteiger partial charge in [0.05, 0.1) is 17.6 Å². The lowest BCUT2D eigenvalue weighted by atomic mass is 9.92. The molecule has 5 rings (SSSR count). The van der Waals surface area contributed by atoms with Crippen LogP contribution >= 0.6 is 0 Å². The Morgan fingerprint density at radius 1 is 1.17 bits per heavy atom. The van der Waals surface area contributed by atoms with Gasteiger partial charge in [-0.3, -0.25) is 4.79 Å². The number of piperidine rings is 1. The third-order valence-electron chi connectivity index (χ3n) is 7.40. The van der Waals surface area contributed by atoms with Gasteiger partial charge in [0.2, 0.25) is 5.91 Å². The number of carbonyl (C=O) groups is 1. The lowest BCUT2D eigenvalue weighted by Crippen LogP contribution is -2.38. The highest BCUT2D eigenvalue weighted by Gasteiger charge is 2.23. The largest absolute Gasteiger partial charge is 0.493 e. The molecule has 3 heterocycles. The number of aromatic nitrogens is 2.